The van der Waals surface area contributed by atoms with Gasteiger partial charge < -0.3 is 15.2 Å². The molecule has 1 fully saturated rings. The number of carboxylic acids is 1. The number of hydrogen-bond acceptors (Lipinski definition) is 4. The maximum atomic E-state index is 11.8. The second kappa shape index (κ2) is 7.02. The molecule has 20 heavy (non-hydrogen) atoms. The van der Waals surface area contributed by atoms with Crippen LogP contribution in [0.3, 0.4) is 0 Å². The van der Waals surface area contributed by atoms with Gasteiger partial charge in [0, 0.05) is 25.2 Å². The van der Waals surface area contributed by atoms with Crippen LogP contribution in [0.15, 0.2) is 30.3 Å². The Kier molecular flexibility index (Phi) is 5.09. The van der Waals surface area contributed by atoms with Crippen molar-refractivity contribution in [2.45, 2.75) is 12.5 Å². The van der Waals surface area contributed by atoms with Crippen molar-refractivity contribution in [1.82, 2.24) is 4.90 Å². The summed E-state index contributed by atoms with van der Waals surface area (Å²) in [6.07, 6.45) is 0.263. The number of anilines is 1. The zero-order chi connectivity index (χ0) is 14.4. The third-order valence-electron chi connectivity index (χ3n) is 3.21. The van der Waals surface area contributed by atoms with Crippen molar-refractivity contribution >= 4 is 17.6 Å². The summed E-state index contributed by atoms with van der Waals surface area (Å²) in [4.78, 5) is 24.7. The smallest absolute Gasteiger partial charge is 0.323 e. The Hall–Kier alpha value is -1.92. The molecule has 1 heterocycles. The van der Waals surface area contributed by atoms with Crippen molar-refractivity contribution in [2.24, 2.45) is 0 Å². The lowest BCUT2D eigenvalue weighted by Crippen LogP contribution is -2.50. The number of nitrogens with one attached hydrogen (secondary N) is 1. The van der Waals surface area contributed by atoms with Crippen molar-refractivity contribution in [1.29, 1.82) is 0 Å². The molecule has 108 valence electrons. The Morgan fingerprint density at radius 1 is 1.35 bits per heavy atom. The number of amides is 1. The third-order valence-corrected chi connectivity index (χ3v) is 3.21. The molecular formula is C14H18N2O4. The summed E-state index contributed by atoms with van der Waals surface area (Å²) in [7, 11) is 0. The van der Waals surface area contributed by atoms with E-state index >= 15 is 0 Å². The van der Waals surface area contributed by atoms with Crippen LogP contribution in [0.1, 0.15) is 6.42 Å². The van der Waals surface area contributed by atoms with E-state index in [1.54, 1.807) is 4.90 Å². The number of carboxylic acid groups (broad SMARTS) is 1. The van der Waals surface area contributed by atoms with Gasteiger partial charge in [-0.3, -0.25) is 14.5 Å². The third kappa shape index (κ3) is 4.04. The average Bonchev–Trinajstić information content (AvgIpc) is 2.46. The maximum absolute atomic E-state index is 11.8. The highest BCUT2D eigenvalue weighted by molar-refractivity contribution is 5.90. The molecule has 2 rings (SSSR count). The molecule has 0 spiro atoms. The van der Waals surface area contributed by atoms with Crippen LogP contribution in [-0.4, -0.2) is 54.2 Å². The number of aliphatic carboxylic acids is 1. The van der Waals surface area contributed by atoms with Crippen LogP contribution in [0.5, 0.6) is 0 Å². The first-order valence-electron chi connectivity index (χ1n) is 6.56. The number of rotatable bonds is 5. The molecule has 1 unspecified atom stereocenters. The van der Waals surface area contributed by atoms with E-state index in [1.807, 2.05) is 30.3 Å². The summed E-state index contributed by atoms with van der Waals surface area (Å²) in [6.45, 7) is 1.63. The number of nitrogens with zero attached hydrogens (tertiary/aromatic N) is 1. The van der Waals surface area contributed by atoms with E-state index in [1.165, 1.54) is 0 Å². The molecule has 1 saturated heterocycles. The SMILES string of the molecule is O=C(CCN1CCOCC1C(=O)O)Nc1ccccc1. The lowest BCUT2D eigenvalue weighted by atomic mass is 10.2. The second-order valence-corrected chi connectivity index (χ2v) is 4.63. The van der Waals surface area contributed by atoms with Gasteiger partial charge in [-0.05, 0) is 12.1 Å². The molecule has 1 aromatic rings. The van der Waals surface area contributed by atoms with Gasteiger partial charge in [0.05, 0.1) is 13.2 Å². The maximum Gasteiger partial charge on any atom is 0.323 e. The fourth-order valence-corrected chi connectivity index (χ4v) is 2.12. The number of para-hydroxylation sites is 1. The molecule has 6 heteroatoms. The van der Waals surface area contributed by atoms with Crippen LogP contribution in [0.25, 0.3) is 0 Å². The molecule has 0 radical (unpaired) electrons. The molecule has 2 N–H and O–H groups in total. The van der Waals surface area contributed by atoms with Gasteiger partial charge in [-0.25, -0.2) is 0 Å². The molecule has 0 bridgehead atoms. The van der Waals surface area contributed by atoms with Gasteiger partial charge in [0.1, 0.15) is 6.04 Å². The van der Waals surface area contributed by atoms with Crippen LogP contribution in [-0.2, 0) is 14.3 Å². The van der Waals surface area contributed by atoms with Crippen LogP contribution in [0, 0.1) is 0 Å². The molecular weight excluding hydrogens is 260 g/mol. The number of morpholine rings is 1. The van der Waals surface area contributed by atoms with Gasteiger partial charge in [0.2, 0.25) is 5.91 Å². The summed E-state index contributed by atoms with van der Waals surface area (Å²) in [5, 5.41) is 11.9. The quantitative estimate of drug-likeness (QED) is 0.833. The summed E-state index contributed by atoms with van der Waals surface area (Å²) in [5.41, 5.74) is 0.745. The summed E-state index contributed by atoms with van der Waals surface area (Å²) in [5.74, 6) is -1.03. The Morgan fingerprint density at radius 3 is 2.80 bits per heavy atom. The minimum Gasteiger partial charge on any atom is -0.480 e. The minimum atomic E-state index is -0.909. The summed E-state index contributed by atoms with van der Waals surface area (Å²) < 4.78 is 5.15. The van der Waals surface area contributed by atoms with E-state index < -0.39 is 12.0 Å². The van der Waals surface area contributed by atoms with E-state index in [0.717, 1.165) is 5.69 Å². The van der Waals surface area contributed by atoms with Gasteiger partial charge in [0.25, 0.3) is 0 Å². The van der Waals surface area contributed by atoms with E-state index in [0.29, 0.717) is 19.7 Å². The largest absolute Gasteiger partial charge is 0.480 e. The molecule has 1 aromatic carbocycles. The first-order chi connectivity index (χ1) is 9.66. The predicted molar refractivity (Wildman–Crippen MR) is 73.5 cm³/mol. The molecule has 0 saturated carbocycles. The van der Waals surface area contributed by atoms with Crippen molar-refractivity contribution in [3.8, 4) is 0 Å². The van der Waals surface area contributed by atoms with Crippen molar-refractivity contribution in [2.75, 3.05) is 31.6 Å². The number of benzene rings is 1. The first kappa shape index (κ1) is 14.5. The van der Waals surface area contributed by atoms with Crippen LogP contribution in [0.2, 0.25) is 0 Å². The van der Waals surface area contributed by atoms with E-state index in [9.17, 15) is 9.59 Å². The molecule has 0 aliphatic carbocycles. The van der Waals surface area contributed by atoms with Gasteiger partial charge in [-0.2, -0.15) is 0 Å². The Bertz CT molecular complexity index is 464. The van der Waals surface area contributed by atoms with Crippen molar-refractivity contribution < 1.29 is 19.4 Å². The van der Waals surface area contributed by atoms with Gasteiger partial charge in [-0.15, -0.1) is 0 Å². The van der Waals surface area contributed by atoms with E-state index in [4.69, 9.17) is 9.84 Å². The zero-order valence-corrected chi connectivity index (χ0v) is 11.1. The van der Waals surface area contributed by atoms with E-state index in [2.05, 4.69) is 5.32 Å². The highest BCUT2D eigenvalue weighted by Gasteiger charge is 2.29. The number of carbonyl (C=O) groups excluding carboxylic acids is 1. The fraction of sp³-hybridized carbons (Fsp3) is 0.429. The minimum absolute atomic E-state index is 0.119. The Balaban J connectivity index is 1.81. The van der Waals surface area contributed by atoms with Crippen LogP contribution >= 0.6 is 0 Å². The summed E-state index contributed by atoms with van der Waals surface area (Å²) >= 11 is 0. The topological polar surface area (TPSA) is 78.9 Å². The monoisotopic (exact) mass is 278 g/mol. The Labute approximate surface area is 117 Å². The van der Waals surface area contributed by atoms with Crippen molar-refractivity contribution in [3.63, 3.8) is 0 Å². The molecule has 1 aliphatic heterocycles. The second-order valence-electron chi connectivity index (χ2n) is 4.63. The predicted octanol–water partition coefficient (Wildman–Crippen LogP) is 0.801. The number of ether oxygens (including phenoxy) is 1. The van der Waals surface area contributed by atoms with Gasteiger partial charge in [0.15, 0.2) is 0 Å². The van der Waals surface area contributed by atoms with Crippen LogP contribution < -0.4 is 5.32 Å². The molecule has 0 aromatic heterocycles. The highest BCUT2D eigenvalue weighted by Crippen LogP contribution is 2.09. The molecule has 1 atom stereocenters. The Morgan fingerprint density at radius 2 is 2.10 bits per heavy atom. The zero-order valence-electron chi connectivity index (χ0n) is 11.1. The van der Waals surface area contributed by atoms with Crippen molar-refractivity contribution in [3.05, 3.63) is 30.3 Å². The molecule has 1 amide bonds. The first-order valence-corrected chi connectivity index (χ1v) is 6.56. The van der Waals surface area contributed by atoms with E-state index in [-0.39, 0.29) is 18.9 Å². The van der Waals surface area contributed by atoms with Gasteiger partial charge >= 0.3 is 5.97 Å². The average molecular weight is 278 g/mol. The lowest BCUT2D eigenvalue weighted by molar-refractivity contribution is -0.150. The number of carbonyl (C=O) groups is 2. The lowest BCUT2D eigenvalue weighted by Gasteiger charge is -2.32. The fourth-order valence-electron chi connectivity index (χ4n) is 2.12. The number of hydrogen-bond donors (Lipinski definition) is 2. The summed E-state index contributed by atoms with van der Waals surface area (Å²) in [6, 6.07) is 8.53. The molecule has 1 aliphatic rings. The highest BCUT2D eigenvalue weighted by atomic mass is 16.5. The standard InChI is InChI=1S/C14H18N2O4/c17-13(15-11-4-2-1-3-5-11)6-7-16-8-9-20-10-12(16)14(18)19/h1-5,12H,6-10H2,(H,15,17)(H,18,19). The normalized spacial score (nSPS) is 19.5. The van der Waals surface area contributed by atoms with Gasteiger partial charge in [-0.1, -0.05) is 18.2 Å². The van der Waals surface area contributed by atoms with Crippen LogP contribution in [0.4, 0.5) is 5.69 Å². The molecule has 6 nitrogen and oxygen atoms in total.